The molecule has 4 heteroatoms. The molecule has 4 atom stereocenters. The van der Waals surface area contributed by atoms with Crippen LogP contribution in [-0.4, -0.2) is 21.6 Å². The Kier molecular flexibility index (Phi) is 7.39. The van der Waals surface area contributed by atoms with Crippen LogP contribution in [0.4, 0.5) is 0 Å². The molecule has 3 nitrogen and oxygen atoms in total. The van der Waals surface area contributed by atoms with Crippen molar-refractivity contribution < 1.29 is 0 Å². The largest absolute Gasteiger partial charge is 0.390 e. The number of allylic oxidation sites excluding steroid dienone is 4. The third-order valence-electron chi connectivity index (χ3n) is 12.5. The minimum atomic E-state index is -2.89. The van der Waals surface area contributed by atoms with E-state index in [1.165, 1.54) is 84.1 Å². The molecule has 3 aliphatic heterocycles. The molecule has 0 bridgehead atoms. The Labute approximate surface area is 315 Å². The fourth-order valence-electron chi connectivity index (χ4n) is 10.3. The van der Waals surface area contributed by atoms with Crippen LogP contribution in [0.25, 0.3) is 39.4 Å². The van der Waals surface area contributed by atoms with Gasteiger partial charge >= 0.3 is 8.56 Å². The molecule has 6 aromatic rings. The van der Waals surface area contributed by atoms with Gasteiger partial charge in [-0.2, -0.15) is 0 Å². The first-order valence-electron chi connectivity index (χ1n) is 19.4. The molecule has 0 amide bonds. The van der Waals surface area contributed by atoms with Gasteiger partial charge in [-0.1, -0.05) is 132 Å². The summed E-state index contributed by atoms with van der Waals surface area (Å²) >= 11 is 0. The summed E-state index contributed by atoms with van der Waals surface area (Å²) in [7, 11) is -2.89. The number of nitrogens with zero attached hydrogens (tertiary/aromatic N) is 3. The Morgan fingerprint density at radius 2 is 1.11 bits per heavy atom. The van der Waals surface area contributed by atoms with Gasteiger partial charge in [0.15, 0.2) is 0 Å². The molecule has 0 N–H and O–H groups in total. The summed E-state index contributed by atoms with van der Waals surface area (Å²) in [5.41, 5.74) is 20.4. The Bertz CT molecular complexity index is 2540. The molecule has 4 unspecified atom stereocenters. The van der Waals surface area contributed by atoms with Gasteiger partial charge in [-0.05, 0) is 116 Å². The molecule has 4 aromatic carbocycles. The lowest BCUT2D eigenvalue weighted by Crippen LogP contribution is -2.63. The summed E-state index contributed by atoms with van der Waals surface area (Å²) in [5.74, 6) is 0.806. The molecule has 0 radical (unpaired) electrons. The van der Waals surface area contributed by atoms with Crippen LogP contribution >= 0.6 is 0 Å². The van der Waals surface area contributed by atoms with E-state index in [0.29, 0.717) is 11.8 Å². The van der Waals surface area contributed by atoms with Crippen molar-refractivity contribution in [2.45, 2.75) is 59.5 Å². The van der Waals surface area contributed by atoms with Crippen LogP contribution in [0.5, 0.6) is 0 Å². The minimum Gasteiger partial charge on any atom is -0.355 e. The lowest BCUT2D eigenvalue weighted by molar-refractivity contribution is 0.399. The topological polar surface area (TPSA) is 13.1 Å². The van der Waals surface area contributed by atoms with Crippen LogP contribution in [0.3, 0.4) is 0 Å². The van der Waals surface area contributed by atoms with Crippen molar-refractivity contribution >= 4 is 25.4 Å². The van der Waals surface area contributed by atoms with Crippen LogP contribution in [0, 0.1) is 39.5 Å². The summed E-state index contributed by atoms with van der Waals surface area (Å²) < 4.78 is 8.83. The standard InChI is InChI=1S/C49H47N3Si/c1-32-10-6-14-38(26-32)37-18-19-42-31-53(50-44(39-15-7-11-33(2)27-39)22-24-46(50)43(42)21-20-37)51-45(40-16-8-12-34(3)28-40)23-25-47(51)49-36(5)30-48(52(49)53)41-17-9-13-35(4)29-41/h6-17,20-30,36,42,49H,18-19,31H2,1-5H3. The van der Waals surface area contributed by atoms with Gasteiger partial charge in [0, 0.05) is 40.4 Å². The van der Waals surface area contributed by atoms with Crippen molar-refractivity contribution in [3.8, 4) is 22.5 Å². The number of benzene rings is 4. The molecule has 4 aliphatic rings. The van der Waals surface area contributed by atoms with E-state index in [-0.39, 0.29) is 6.04 Å². The third kappa shape index (κ3) is 4.92. The predicted octanol–water partition coefficient (Wildman–Crippen LogP) is 12.1. The van der Waals surface area contributed by atoms with E-state index in [4.69, 9.17) is 0 Å². The van der Waals surface area contributed by atoms with Crippen LogP contribution in [-0.2, 0) is 0 Å². The maximum absolute atomic E-state index is 3.00. The highest BCUT2D eigenvalue weighted by Crippen LogP contribution is 2.59. The van der Waals surface area contributed by atoms with E-state index in [2.05, 4.69) is 187 Å². The lowest BCUT2D eigenvalue weighted by atomic mass is 9.92. The van der Waals surface area contributed by atoms with Gasteiger partial charge in [0.1, 0.15) is 0 Å². The van der Waals surface area contributed by atoms with Crippen molar-refractivity contribution in [3.63, 3.8) is 0 Å². The van der Waals surface area contributed by atoms with Gasteiger partial charge in [-0.25, -0.2) is 0 Å². The molecule has 0 fully saturated rings. The van der Waals surface area contributed by atoms with E-state index in [0.717, 1.165) is 18.9 Å². The number of rotatable bonds is 4. The molecule has 1 aliphatic carbocycles. The van der Waals surface area contributed by atoms with Gasteiger partial charge in [0.05, 0.1) is 6.04 Å². The highest BCUT2D eigenvalue weighted by atomic mass is 28.4. The molecule has 5 heterocycles. The van der Waals surface area contributed by atoms with E-state index < -0.39 is 8.56 Å². The first-order valence-corrected chi connectivity index (χ1v) is 21.5. The van der Waals surface area contributed by atoms with Crippen LogP contribution in [0.2, 0.25) is 6.04 Å². The van der Waals surface area contributed by atoms with Crippen molar-refractivity contribution in [2.75, 3.05) is 0 Å². The van der Waals surface area contributed by atoms with Gasteiger partial charge in [-0.3, -0.25) is 0 Å². The zero-order chi connectivity index (χ0) is 36.0. The molecule has 262 valence electrons. The number of fused-ring (bicyclic) bond motifs is 9. The molecule has 0 saturated heterocycles. The van der Waals surface area contributed by atoms with Crippen molar-refractivity contribution in [2.24, 2.45) is 11.8 Å². The summed E-state index contributed by atoms with van der Waals surface area (Å²) in [6.07, 6.45) is 9.76. The second kappa shape index (κ2) is 12.1. The maximum atomic E-state index is 3.00. The van der Waals surface area contributed by atoms with Crippen LogP contribution < -0.4 is 0 Å². The summed E-state index contributed by atoms with van der Waals surface area (Å²) in [6, 6.07) is 47.9. The lowest BCUT2D eigenvalue weighted by Gasteiger charge is -2.48. The van der Waals surface area contributed by atoms with Gasteiger partial charge < -0.3 is 13.0 Å². The van der Waals surface area contributed by atoms with Gasteiger partial charge in [0.25, 0.3) is 0 Å². The third-order valence-corrected chi connectivity index (χ3v) is 17.2. The van der Waals surface area contributed by atoms with E-state index in [9.17, 15) is 0 Å². The second-order valence-corrected chi connectivity index (χ2v) is 19.5. The average Bonchev–Trinajstić information content (AvgIpc) is 3.89. The summed E-state index contributed by atoms with van der Waals surface area (Å²) in [4.78, 5) is 0. The molecule has 2 aromatic heterocycles. The summed E-state index contributed by atoms with van der Waals surface area (Å²) in [6.45, 7) is 11.4. The predicted molar refractivity (Wildman–Crippen MR) is 223 cm³/mol. The minimum absolute atomic E-state index is 0.272. The monoisotopic (exact) mass is 705 g/mol. The Morgan fingerprint density at radius 3 is 1.77 bits per heavy atom. The SMILES string of the molecule is Cc1cccc(C2=CC=C3c4ccc(-c5cccc(C)c5)n4[Si]4(CC3CC2)N2C(c3cccc(C)c3)=CC(C)C2c2ccc(-c3cccc(C)c3)n24)c1. The number of aromatic nitrogens is 2. The number of hydrogen-bond donors (Lipinski definition) is 0. The second-order valence-electron chi connectivity index (χ2n) is 16.1. The Balaban J connectivity index is 1.28. The highest BCUT2D eigenvalue weighted by Gasteiger charge is 2.63. The zero-order valence-corrected chi connectivity index (χ0v) is 32.5. The van der Waals surface area contributed by atoms with Gasteiger partial charge in [0.2, 0.25) is 0 Å². The van der Waals surface area contributed by atoms with E-state index in [1.807, 2.05) is 0 Å². The molecule has 53 heavy (non-hydrogen) atoms. The van der Waals surface area contributed by atoms with E-state index in [1.54, 1.807) is 0 Å². The smallest absolute Gasteiger partial charge is 0.355 e. The van der Waals surface area contributed by atoms with Crippen molar-refractivity contribution in [3.05, 3.63) is 184 Å². The highest BCUT2D eigenvalue weighted by molar-refractivity contribution is 6.78. The molecular weight excluding hydrogens is 659 g/mol. The Morgan fingerprint density at radius 1 is 0.566 bits per heavy atom. The van der Waals surface area contributed by atoms with Crippen molar-refractivity contribution in [1.82, 2.24) is 13.0 Å². The van der Waals surface area contributed by atoms with E-state index >= 15 is 0 Å². The molecule has 10 rings (SSSR count). The maximum Gasteiger partial charge on any atom is 0.390 e. The molecule has 1 spiro atoms. The first kappa shape index (κ1) is 32.3. The van der Waals surface area contributed by atoms with Gasteiger partial charge in [-0.15, -0.1) is 0 Å². The van der Waals surface area contributed by atoms with Crippen molar-refractivity contribution in [1.29, 1.82) is 0 Å². The fraction of sp³-hybridized carbons (Fsp3) is 0.224. The average molecular weight is 706 g/mol. The van der Waals surface area contributed by atoms with Crippen LogP contribution in [0.15, 0.2) is 140 Å². The molecular formula is C49H47N3Si. The van der Waals surface area contributed by atoms with Crippen LogP contribution in [0.1, 0.15) is 70.6 Å². The number of hydrogen-bond acceptors (Lipinski definition) is 1. The fourth-order valence-corrected chi connectivity index (χ4v) is 16.3. The normalized spacial score (nSPS) is 22.8. The Hall–Kier alpha value is -5.32. The summed E-state index contributed by atoms with van der Waals surface area (Å²) in [5, 5.41) is 0. The molecule has 0 saturated carbocycles. The first-order chi connectivity index (χ1) is 25.8. The zero-order valence-electron chi connectivity index (χ0n) is 31.5. The quantitative estimate of drug-likeness (QED) is 0.166. The number of aryl methyl sites for hydroxylation is 4.